The summed E-state index contributed by atoms with van der Waals surface area (Å²) in [6.07, 6.45) is 0. The van der Waals surface area contributed by atoms with Crippen LogP contribution in [0.15, 0.2) is 20.5 Å². The minimum Gasteiger partial charge on any atom is -0.479 e. The van der Waals surface area contributed by atoms with Crippen LogP contribution in [-0.2, 0) is 0 Å². The summed E-state index contributed by atoms with van der Waals surface area (Å²) in [4.78, 5) is 12.5. The highest BCUT2D eigenvalue weighted by Gasteiger charge is 2.24. The van der Waals surface area contributed by atoms with Gasteiger partial charge < -0.3 is 5.11 Å². The molecule has 3 N–H and O–H groups in total. The molecule has 7 heterocycles. The molecule has 0 saturated heterocycles. The fourth-order valence-electron chi connectivity index (χ4n) is 4.79. The zero-order valence-corrected chi connectivity index (χ0v) is 25.4. The average molecular weight is 632 g/mol. The summed E-state index contributed by atoms with van der Waals surface area (Å²) < 4.78 is 5.42. The minimum atomic E-state index is -0.710. The number of hydrogen-bond donors (Lipinski definition) is 3. The molecule has 0 fully saturated rings. The number of nitriles is 2. The van der Waals surface area contributed by atoms with Crippen LogP contribution in [0.5, 0.6) is 6.01 Å². The highest BCUT2D eigenvalue weighted by Crippen LogP contribution is 2.32. The monoisotopic (exact) mass is 631 g/mol. The fourth-order valence-corrected chi connectivity index (χ4v) is 4.79. The van der Waals surface area contributed by atoms with Gasteiger partial charge in [-0.15, -0.1) is 20.5 Å². The molecule has 7 rings (SSSR count). The number of H-pyrrole nitrogens is 2. The summed E-state index contributed by atoms with van der Waals surface area (Å²) >= 11 is 0. The van der Waals surface area contributed by atoms with Crippen LogP contribution in [0.2, 0.25) is 0 Å². The Morgan fingerprint density at radius 2 is 1.02 bits per heavy atom. The number of aromatic amines is 2. The van der Waals surface area contributed by atoms with Crippen molar-refractivity contribution in [3.63, 3.8) is 0 Å². The number of aromatic hydroxyl groups is 1. The van der Waals surface area contributed by atoms with E-state index in [4.69, 9.17) is 0 Å². The van der Waals surface area contributed by atoms with Crippen molar-refractivity contribution in [3.8, 4) is 30.0 Å². The molecule has 0 aliphatic heterocycles. The molecule has 0 radical (unpaired) electrons. The molecule has 7 aromatic rings. The van der Waals surface area contributed by atoms with Crippen LogP contribution < -0.4 is 0 Å². The molecule has 0 amide bonds. The predicted molar refractivity (Wildman–Crippen MR) is 157 cm³/mol. The van der Waals surface area contributed by atoms with E-state index in [1.807, 2.05) is 0 Å². The fraction of sp³-hybridized carbons (Fsp3) is 0.240. The highest BCUT2D eigenvalue weighted by atomic mass is 16.3. The lowest BCUT2D eigenvalue weighted by Crippen LogP contribution is -2.10. The lowest BCUT2D eigenvalue weighted by Gasteiger charge is -2.06. The first-order valence-corrected chi connectivity index (χ1v) is 13.7. The summed E-state index contributed by atoms with van der Waals surface area (Å²) in [6.45, 7) is 10.3. The average Bonchev–Trinajstić information content (AvgIpc) is 3.86. The van der Waals surface area contributed by atoms with E-state index in [1.54, 1.807) is 50.6 Å². The van der Waals surface area contributed by atoms with E-state index in [2.05, 4.69) is 88.3 Å². The molecule has 0 aliphatic rings. The maximum Gasteiger partial charge on any atom is 0.320 e. The molecule has 0 saturated carbocycles. The van der Waals surface area contributed by atoms with Gasteiger partial charge in [-0.1, -0.05) is 0 Å². The Bertz CT molecular complexity index is 2360. The maximum atomic E-state index is 10.6. The number of nitrogens with one attached hydrogen (secondary N) is 2. The number of hydrogen-bond acceptors (Lipinski definition) is 16. The van der Waals surface area contributed by atoms with Gasteiger partial charge in [0.25, 0.3) is 11.9 Å². The molecule has 0 spiro atoms. The van der Waals surface area contributed by atoms with Crippen molar-refractivity contribution in [2.75, 3.05) is 0 Å². The van der Waals surface area contributed by atoms with Crippen molar-refractivity contribution in [1.82, 2.24) is 74.1 Å². The third-order valence-electron chi connectivity index (χ3n) is 7.08. The molecule has 22 nitrogen and oxygen atoms in total. The largest absolute Gasteiger partial charge is 0.479 e. The van der Waals surface area contributed by atoms with E-state index in [1.165, 1.54) is 0 Å². The third-order valence-corrected chi connectivity index (χ3v) is 7.08. The summed E-state index contributed by atoms with van der Waals surface area (Å²) in [5.41, 5.74) is 3.68. The summed E-state index contributed by atoms with van der Waals surface area (Å²) in [5, 5.41) is 79.3. The summed E-state index contributed by atoms with van der Waals surface area (Å²) in [7, 11) is 0. The van der Waals surface area contributed by atoms with Crippen LogP contribution in [0.3, 0.4) is 0 Å². The van der Waals surface area contributed by atoms with Gasteiger partial charge in [-0.25, -0.2) is 0 Å². The van der Waals surface area contributed by atoms with E-state index < -0.39 is 6.01 Å². The van der Waals surface area contributed by atoms with Gasteiger partial charge >= 0.3 is 6.01 Å². The van der Waals surface area contributed by atoms with Crippen molar-refractivity contribution in [1.29, 1.82) is 10.5 Å². The topological polar surface area (TPSA) is 284 Å². The molecule has 0 bridgehead atoms. The van der Waals surface area contributed by atoms with Gasteiger partial charge in [0.1, 0.15) is 34.9 Å². The van der Waals surface area contributed by atoms with Gasteiger partial charge in [0, 0.05) is 0 Å². The number of aromatic nitrogens is 15. The van der Waals surface area contributed by atoms with Gasteiger partial charge in [-0.2, -0.15) is 74.5 Å². The second-order valence-corrected chi connectivity index (χ2v) is 10.2. The molecule has 0 unspecified atom stereocenters. The van der Waals surface area contributed by atoms with E-state index in [0.29, 0.717) is 57.1 Å². The van der Waals surface area contributed by atoms with Crippen molar-refractivity contribution < 1.29 is 5.11 Å². The molecule has 0 aromatic carbocycles. The second kappa shape index (κ2) is 10.4. The van der Waals surface area contributed by atoms with Crippen molar-refractivity contribution >= 4 is 34.3 Å². The second-order valence-electron chi connectivity index (χ2n) is 10.2. The van der Waals surface area contributed by atoms with E-state index >= 15 is 0 Å². The zero-order chi connectivity index (χ0) is 33.1. The van der Waals surface area contributed by atoms with Crippen LogP contribution >= 0.6 is 0 Å². The van der Waals surface area contributed by atoms with E-state index in [0.717, 1.165) is 9.36 Å². The lowest BCUT2D eigenvalue weighted by molar-refractivity contribution is 0.423. The van der Waals surface area contributed by atoms with Crippen LogP contribution in [0.4, 0.5) is 23.0 Å². The number of aryl methyl sites for hydroxylation is 6. The van der Waals surface area contributed by atoms with Crippen LogP contribution in [0.1, 0.15) is 45.6 Å². The standard InChI is InChI=1S/C25H21N21O/c1-9-15(7-26)19(35-33-17-11(3)41-43-13(5)31-37-21(17)43)45(39-9)23-28-24(30-25(47)29-23)46-20(16(8-27)10(2)40-46)36-34-18-12(4)42-44-14(6)32-38-22(18)44/h37-38H,1-6H3,(H,28,29,30,47)/b35-33+,36-34+. The minimum absolute atomic E-state index is 0.0265. The van der Waals surface area contributed by atoms with Crippen molar-refractivity contribution in [2.24, 2.45) is 20.5 Å². The van der Waals surface area contributed by atoms with Crippen molar-refractivity contribution in [3.05, 3.63) is 45.6 Å². The number of rotatable bonds is 6. The number of nitrogens with zero attached hydrogens (tertiary/aromatic N) is 19. The molecule has 22 heteroatoms. The predicted octanol–water partition coefficient (Wildman–Crippen LogP) is 3.11. The quantitative estimate of drug-likeness (QED) is 0.223. The first-order chi connectivity index (χ1) is 22.6. The Morgan fingerprint density at radius 1 is 0.596 bits per heavy atom. The molecular formula is C25H21N21O. The molecule has 0 atom stereocenters. The maximum absolute atomic E-state index is 10.6. The first-order valence-electron chi connectivity index (χ1n) is 13.7. The van der Waals surface area contributed by atoms with Crippen LogP contribution in [0.25, 0.3) is 23.2 Å². The lowest BCUT2D eigenvalue weighted by atomic mass is 10.3. The van der Waals surface area contributed by atoms with Gasteiger partial charge in [0.15, 0.2) is 34.3 Å². The molecular weight excluding hydrogens is 610 g/mol. The molecule has 7 aromatic heterocycles. The van der Waals surface area contributed by atoms with Crippen LogP contribution in [-0.4, -0.2) is 79.2 Å². The SMILES string of the molecule is Cc1nn(-c2nc(O)nc(-n3nc(C)c(C#N)c3/N=N/c3c(C)nn4c(C)n[nH]c34)n2)c(/N=N/c2c(C)nn3c(C)n[nH]c23)c1C#N. The number of azo groups is 2. The molecule has 47 heavy (non-hydrogen) atoms. The van der Waals surface area contributed by atoms with Gasteiger partial charge in [-0.05, 0) is 41.5 Å². The smallest absolute Gasteiger partial charge is 0.320 e. The van der Waals surface area contributed by atoms with Crippen LogP contribution in [0, 0.1) is 64.2 Å². The van der Waals surface area contributed by atoms with E-state index in [9.17, 15) is 15.6 Å². The third kappa shape index (κ3) is 4.43. The Labute approximate surface area is 261 Å². The first kappa shape index (κ1) is 28.5. The van der Waals surface area contributed by atoms with Crippen molar-refractivity contribution in [2.45, 2.75) is 41.5 Å². The van der Waals surface area contributed by atoms with E-state index in [-0.39, 0.29) is 34.7 Å². The Balaban J connectivity index is 1.35. The Hall–Kier alpha value is -7.23. The molecule has 232 valence electrons. The number of fused-ring (bicyclic) bond motifs is 2. The zero-order valence-electron chi connectivity index (χ0n) is 25.4. The summed E-state index contributed by atoms with van der Waals surface area (Å²) in [5.74, 6) is 0.735. The van der Waals surface area contributed by atoms with Gasteiger partial charge in [0.2, 0.25) is 0 Å². The Kier molecular flexibility index (Phi) is 6.34. The summed E-state index contributed by atoms with van der Waals surface area (Å²) in [6, 6.07) is 3.43. The molecule has 0 aliphatic carbocycles. The highest BCUT2D eigenvalue weighted by molar-refractivity contribution is 5.67. The van der Waals surface area contributed by atoms with Gasteiger partial charge in [0.05, 0.1) is 22.8 Å². The Morgan fingerprint density at radius 3 is 1.43 bits per heavy atom. The van der Waals surface area contributed by atoms with Gasteiger partial charge in [-0.3, -0.25) is 10.2 Å². The normalized spacial score (nSPS) is 11.9.